The summed E-state index contributed by atoms with van der Waals surface area (Å²) in [7, 11) is 0. The topological polar surface area (TPSA) is 25.8 Å². The SMILES string of the molecule is Fc1cccc(Cl)c1CSc1ncnc2scc(-c3ccc(Br)cc3)c12. The Balaban J connectivity index is 1.74. The van der Waals surface area contributed by atoms with Crippen LogP contribution in [0.4, 0.5) is 4.39 Å². The number of nitrogens with zero attached hydrogens (tertiary/aromatic N) is 2. The summed E-state index contributed by atoms with van der Waals surface area (Å²) in [6.07, 6.45) is 1.55. The summed E-state index contributed by atoms with van der Waals surface area (Å²) in [5.74, 6) is 0.113. The Morgan fingerprint density at radius 3 is 2.69 bits per heavy atom. The zero-order chi connectivity index (χ0) is 18.1. The van der Waals surface area contributed by atoms with Gasteiger partial charge in [0.15, 0.2) is 0 Å². The molecule has 0 saturated heterocycles. The average molecular weight is 466 g/mol. The van der Waals surface area contributed by atoms with E-state index in [2.05, 4.69) is 43.4 Å². The molecule has 4 aromatic rings. The van der Waals surface area contributed by atoms with Gasteiger partial charge in [0.1, 0.15) is 22.0 Å². The maximum atomic E-state index is 14.1. The number of hydrogen-bond donors (Lipinski definition) is 0. The molecular weight excluding hydrogens is 455 g/mol. The summed E-state index contributed by atoms with van der Waals surface area (Å²) >= 11 is 12.7. The van der Waals surface area contributed by atoms with Crippen LogP contribution in [0.1, 0.15) is 5.56 Å². The molecule has 0 unspecified atom stereocenters. The molecule has 0 aliphatic rings. The lowest BCUT2D eigenvalue weighted by molar-refractivity contribution is 0.617. The van der Waals surface area contributed by atoms with Crippen LogP contribution in [0, 0.1) is 5.82 Å². The second-order valence-electron chi connectivity index (χ2n) is 5.50. The molecule has 4 rings (SSSR count). The van der Waals surface area contributed by atoms with Crippen LogP contribution in [-0.2, 0) is 5.75 Å². The van der Waals surface area contributed by atoms with Gasteiger partial charge >= 0.3 is 0 Å². The number of thioether (sulfide) groups is 1. The third-order valence-corrected chi connectivity index (χ3v) is 6.69. The molecule has 0 radical (unpaired) electrons. The summed E-state index contributed by atoms with van der Waals surface area (Å²) in [6.45, 7) is 0. The van der Waals surface area contributed by atoms with Crippen LogP contribution >= 0.6 is 50.6 Å². The van der Waals surface area contributed by atoms with E-state index in [1.807, 2.05) is 12.1 Å². The van der Waals surface area contributed by atoms with Gasteiger partial charge in [0.25, 0.3) is 0 Å². The normalized spacial score (nSPS) is 11.2. The van der Waals surface area contributed by atoms with Crippen LogP contribution in [0.15, 0.2) is 63.7 Å². The van der Waals surface area contributed by atoms with Gasteiger partial charge in [-0.25, -0.2) is 14.4 Å². The zero-order valence-electron chi connectivity index (χ0n) is 13.2. The van der Waals surface area contributed by atoms with E-state index in [9.17, 15) is 4.39 Å². The lowest BCUT2D eigenvalue weighted by atomic mass is 10.1. The van der Waals surface area contributed by atoms with Gasteiger partial charge in [-0.1, -0.05) is 45.7 Å². The summed E-state index contributed by atoms with van der Waals surface area (Å²) in [4.78, 5) is 9.74. The maximum Gasteiger partial charge on any atom is 0.128 e. The predicted molar refractivity (Wildman–Crippen MR) is 112 cm³/mol. The fourth-order valence-electron chi connectivity index (χ4n) is 2.61. The van der Waals surface area contributed by atoms with Crippen molar-refractivity contribution in [2.75, 3.05) is 0 Å². The van der Waals surface area contributed by atoms with Crippen LogP contribution in [-0.4, -0.2) is 9.97 Å². The Kier molecular flexibility index (Phi) is 5.27. The fraction of sp³-hybridized carbons (Fsp3) is 0.0526. The van der Waals surface area contributed by atoms with Gasteiger partial charge in [-0.3, -0.25) is 0 Å². The molecule has 0 amide bonds. The van der Waals surface area contributed by atoms with Gasteiger partial charge < -0.3 is 0 Å². The highest BCUT2D eigenvalue weighted by atomic mass is 79.9. The molecule has 2 heterocycles. The van der Waals surface area contributed by atoms with E-state index >= 15 is 0 Å². The van der Waals surface area contributed by atoms with Crippen LogP contribution in [0.3, 0.4) is 0 Å². The highest BCUT2D eigenvalue weighted by Crippen LogP contribution is 2.39. The van der Waals surface area contributed by atoms with Crippen molar-refractivity contribution in [2.45, 2.75) is 10.8 Å². The third kappa shape index (κ3) is 3.51. The molecule has 0 fully saturated rings. The molecule has 0 aliphatic carbocycles. The quantitative estimate of drug-likeness (QED) is 0.235. The largest absolute Gasteiger partial charge is 0.229 e. The van der Waals surface area contributed by atoms with Gasteiger partial charge in [0.2, 0.25) is 0 Å². The number of rotatable bonds is 4. The van der Waals surface area contributed by atoms with Crippen molar-refractivity contribution < 1.29 is 4.39 Å². The smallest absolute Gasteiger partial charge is 0.128 e. The average Bonchev–Trinajstić information content (AvgIpc) is 3.07. The minimum Gasteiger partial charge on any atom is -0.229 e. The van der Waals surface area contributed by atoms with Crippen LogP contribution in [0.5, 0.6) is 0 Å². The van der Waals surface area contributed by atoms with Crippen molar-refractivity contribution >= 4 is 60.8 Å². The van der Waals surface area contributed by atoms with Crippen molar-refractivity contribution in [1.82, 2.24) is 9.97 Å². The van der Waals surface area contributed by atoms with Crippen molar-refractivity contribution in [1.29, 1.82) is 0 Å². The van der Waals surface area contributed by atoms with Crippen LogP contribution in [0.2, 0.25) is 5.02 Å². The lowest BCUT2D eigenvalue weighted by Crippen LogP contribution is -1.91. The van der Waals surface area contributed by atoms with E-state index in [1.165, 1.54) is 17.8 Å². The molecule has 7 heteroatoms. The third-order valence-electron chi connectivity index (χ3n) is 3.91. The molecular formula is C19H11BrClFN2S2. The van der Waals surface area contributed by atoms with Gasteiger partial charge in [0, 0.05) is 31.8 Å². The maximum absolute atomic E-state index is 14.1. The van der Waals surface area contributed by atoms with Gasteiger partial charge in [-0.05, 0) is 29.8 Å². The number of hydrogen-bond acceptors (Lipinski definition) is 4. The minimum atomic E-state index is -0.297. The molecule has 0 bridgehead atoms. The monoisotopic (exact) mass is 464 g/mol. The predicted octanol–water partition coefficient (Wildman–Crippen LogP) is 7.21. The fourth-order valence-corrected chi connectivity index (χ4v) is 5.21. The van der Waals surface area contributed by atoms with Crippen molar-refractivity contribution in [2.24, 2.45) is 0 Å². The molecule has 0 atom stereocenters. The summed E-state index contributed by atoms with van der Waals surface area (Å²) in [6, 6.07) is 12.9. The summed E-state index contributed by atoms with van der Waals surface area (Å²) in [5.41, 5.74) is 2.67. The van der Waals surface area contributed by atoms with Gasteiger partial charge in [0.05, 0.1) is 5.39 Å². The van der Waals surface area contributed by atoms with Gasteiger partial charge in [-0.15, -0.1) is 23.1 Å². The van der Waals surface area contributed by atoms with Crippen LogP contribution < -0.4 is 0 Å². The van der Waals surface area contributed by atoms with Crippen molar-refractivity contribution in [3.63, 3.8) is 0 Å². The molecule has 2 aromatic carbocycles. The highest BCUT2D eigenvalue weighted by Gasteiger charge is 2.15. The molecule has 26 heavy (non-hydrogen) atoms. The number of aromatic nitrogens is 2. The second-order valence-corrected chi connectivity index (χ2v) is 8.65. The molecule has 0 aliphatic heterocycles. The Hall–Kier alpha value is -1.47. The molecule has 0 saturated carbocycles. The second kappa shape index (κ2) is 7.64. The first-order valence-electron chi connectivity index (χ1n) is 7.67. The first kappa shape index (κ1) is 17.9. The van der Waals surface area contributed by atoms with E-state index in [0.717, 1.165) is 30.8 Å². The van der Waals surface area contributed by atoms with Gasteiger partial charge in [-0.2, -0.15) is 0 Å². The summed E-state index contributed by atoms with van der Waals surface area (Å²) in [5, 5.41) is 4.34. The highest BCUT2D eigenvalue weighted by molar-refractivity contribution is 9.10. The Labute approximate surface area is 171 Å². The minimum absolute atomic E-state index is 0.297. The van der Waals surface area contributed by atoms with E-state index < -0.39 is 0 Å². The lowest BCUT2D eigenvalue weighted by Gasteiger charge is -2.07. The van der Waals surface area contributed by atoms with E-state index in [0.29, 0.717) is 16.3 Å². The van der Waals surface area contributed by atoms with E-state index in [-0.39, 0.29) is 5.82 Å². The Morgan fingerprint density at radius 1 is 1.12 bits per heavy atom. The number of thiophene rings is 1. The Morgan fingerprint density at radius 2 is 1.92 bits per heavy atom. The van der Waals surface area contributed by atoms with Crippen molar-refractivity contribution in [3.05, 3.63) is 75.0 Å². The standard InChI is InChI=1S/C19H11BrClFN2S2/c20-12-6-4-11(5-7-12)13-8-25-18-17(13)19(24-10-23-18)26-9-14-15(21)2-1-3-16(14)22/h1-8,10H,9H2. The molecule has 0 spiro atoms. The van der Waals surface area contributed by atoms with Crippen molar-refractivity contribution in [3.8, 4) is 11.1 Å². The number of halogens is 3. The first-order valence-corrected chi connectivity index (χ1v) is 10.7. The molecule has 2 nitrogen and oxygen atoms in total. The molecule has 130 valence electrons. The van der Waals surface area contributed by atoms with E-state index in [4.69, 9.17) is 11.6 Å². The summed E-state index contributed by atoms with van der Waals surface area (Å²) < 4.78 is 15.1. The number of benzene rings is 2. The first-order chi connectivity index (χ1) is 12.6. The molecule has 2 aromatic heterocycles. The van der Waals surface area contributed by atoms with Crippen LogP contribution in [0.25, 0.3) is 21.3 Å². The zero-order valence-corrected chi connectivity index (χ0v) is 17.2. The van der Waals surface area contributed by atoms with E-state index in [1.54, 1.807) is 29.8 Å². The molecule has 0 N–H and O–H groups in total. The number of fused-ring (bicyclic) bond motifs is 1. The Bertz CT molecular complexity index is 1060.